The van der Waals surface area contributed by atoms with Gasteiger partial charge in [-0.05, 0) is 39.0 Å². The zero-order chi connectivity index (χ0) is 17.5. The van der Waals surface area contributed by atoms with Crippen LogP contribution in [0.5, 0.6) is 5.75 Å². The Balaban J connectivity index is 1.94. The van der Waals surface area contributed by atoms with E-state index in [4.69, 9.17) is 4.74 Å². The molecule has 126 valence electrons. The third kappa shape index (κ3) is 5.06. The summed E-state index contributed by atoms with van der Waals surface area (Å²) in [6.45, 7) is 5.62. The van der Waals surface area contributed by atoms with E-state index in [1.807, 2.05) is 51.1 Å². The van der Waals surface area contributed by atoms with Gasteiger partial charge in [-0.3, -0.25) is 4.79 Å². The van der Waals surface area contributed by atoms with Crippen molar-refractivity contribution in [3.05, 3.63) is 47.3 Å². The molecule has 1 aromatic carbocycles. The van der Waals surface area contributed by atoms with Crippen LogP contribution >= 0.6 is 11.8 Å². The molecule has 2 rings (SSSR count). The summed E-state index contributed by atoms with van der Waals surface area (Å²) in [6.07, 6.45) is 0. The van der Waals surface area contributed by atoms with Crippen LogP contribution in [0.4, 0.5) is 0 Å². The number of rotatable bonds is 6. The Morgan fingerprint density at radius 3 is 2.58 bits per heavy atom. The zero-order valence-corrected chi connectivity index (χ0v) is 15.0. The van der Waals surface area contributed by atoms with Gasteiger partial charge >= 0.3 is 0 Å². The number of thioether (sulfide) groups is 1. The highest BCUT2D eigenvalue weighted by atomic mass is 32.2. The highest BCUT2D eigenvalue weighted by Gasteiger charge is 2.08. The predicted molar refractivity (Wildman–Crippen MR) is 95.6 cm³/mol. The topological polar surface area (TPSA) is 76.5 Å². The summed E-state index contributed by atoms with van der Waals surface area (Å²) in [6, 6.07) is 9.41. The summed E-state index contributed by atoms with van der Waals surface area (Å²) in [5, 5.41) is 4.72. The zero-order valence-electron chi connectivity index (χ0n) is 14.2. The fourth-order valence-corrected chi connectivity index (χ4v) is 2.81. The van der Waals surface area contributed by atoms with Crippen molar-refractivity contribution in [1.82, 2.24) is 15.4 Å². The highest BCUT2D eigenvalue weighted by molar-refractivity contribution is 7.99. The van der Waals surface area contributed by atoms with Crippen molar-refractivity contribution in [2.45, 2.75) is 25.9 Å². The van der Waals surface area contributed by atoms with Gasteiger partial charge < -0.3 is 4.74 Å². The smallest absolute Gasteiger partial charge is 0.250 e. The van der Waals surface area contributed by atoms with E-state index >= 15 is 0 Å². The molecule has 2 aromatic rings. The first-order valence-corrected chi connectivity index (χ1v) is 8.39. The first-order chi connectivity index (χ1) is 11.5. The Bertz CT molecular complexity index is 742. The van der Waals surface area contributed by atoms with Gasteiger partial charge in [0.25, 0.3) is 5.91 Å². The van der Waals surface area contributed by atoms with E-state index in [0.29, 0.717) is 16.6 Å². The van der Waals surface area contributed by atoms with Crippen LogP contribution in [0.2, 0.25) is 0 Å². The van der Waals surface area contributed by atoms with Gasteiger partial charge in [0.05, 0.1) is 18.6 Å². The Hall–Kier alpha value is -2.41. The molecule has 24 heavy (non-hydrogen) atoms. The minimum Gasteiger partial charge on any atom is -0.496 e. The molecule has 1 N–H and O–H groups in total. The average molecular weight is 344 g/mol. The number of methoxy groups -OCH3 is 1. The van der Waals surface area contributed by atoms with E-state index in [-0.39, 0.29) is 11.7 Å². The molecule has 0 radical (unpaired) electrons. The van der Waals surface area contributed by atoms with E-state index in [9.17, 15) is 4.79 Å². The van der Waals surface area contributed by atoms with Crippen molar-refractivity contribution >= 4 is 23.4 Å². The maximum absolute atomic E-state index is 12.0. The molecule has 0 saturated carbocycles. The Morgan fingerprint density at radius 2 is 1.92 bits per heavy atom. The second kappa shape index (κ2) is 8.44. The van der Waals surface area contributed by atoms with Crippen molar-refractivity contribution in [2.24, 2.45) is 5.10 Å². The number of carbonyl (C=O) groups excluding carboxylic acids is 1. The van der Waals surface area contributed by atoms with Gasteiger partial charge in [0.1, 0.15) is 5.75 Å². The molecule has 0 aliphatic carbocycles. The van der Waals surface area contributed by atoms with Crippen molar-refractivity contribution < 1.29 is 9.53 Å². The maximum atomic E-state index is 12.0. The fraction of sp³-hybridized carbons (Fsp3) is 0.294. The number of ether oxygens (including phenoxy) is 1. The van der Waals surface area contributed by atoms with Crippen LogP contribution in [0.15, 0.2) is 40.6 Å². The van der Waals surface area contributed by atoms with Crippen LogP contribution in [0, 0.1) is 13.8 Å². The Labute approximate surface area is 145 Å². The van der Waals surface area contributed by atoms with Crippen LogP contribution in [-0.4, -0.2) is 34.4 Å². The molecule has 0 unspecified atom stereocenters. The predicted octanol–water partition coefficient (Wildman–Crippen LogP) is 2.73. The number of hydrogen-bond donors (Lipinski definition) is 1. The lowest BCUT2D eigenvalue weighted by atomic mass is 10.1. The van der Waals surface area contributed by atoms with Crippen LogP contribution in [0.25, 0.3) is 0 Å². The van der Waals surface area contributed by atoms with Gasteiger partial charge in [0.2, 0.25) is 0 Å². The molecule has 0 aliphatic rings. The van der Waals surface area contributed by atoms with Crippen LogP contribution in [-0.2, 0) is 4.79 Å². The fourth-order valence-electron chi connectivity index (χ4n) is 2.07. The van der Waals surface area contributed by atoms with Gasteiger partial charge in [-0.25, -0.2) is 15.4 Å². The molecule has 0 atom stereocenters. The average Bonchev–Trinajstić information content (AvgIpc) is 2.57. The van der Waals surface area contributed by atoms with Gasteiger partial charge in [0, 0.05) is 17.0 Å². The van der Waals surface area contributed by atoms with Crippen molar-refractivity contribution in [3.8, 4) is 5.75 Å². The second-order valence-electron chi connectivity index (χ2n) is 5.15. The number of carbonyl (C=O) groups is 1. The number of benzene rings is 1. The number of aryl methyl sites for hydroxylation is 2. The third-order valence-electron chi connectivity index (χ3n) is 3.14. The summed E-state index contributed by atoms with van der Waals surface area (Å²) in [5.74, 6) is 0.703. The van der Waals surface area contributed by atoms with Crippen molar-refractivity contribution in [3.63, 3.8) is 0 Å². The van der Waals surface area contributed by atoms with Gasteiger partial charge in [-0.2, -0.15) is 5.10 Å². The minimum absolute atomic E-state index is 0.200. The summed E-state index contributed by atoms with van der Waals surface area (Å²) in [5.41, 5.74) is 5.83. The number of hydrogen-bond acceptors (Lipinski definition) is 6. The van der Waals surface area contributed by atoms with Gasteiger partial charge in [-0.1, -0.05) is 23.9 Å². The van der Waals surface area contributed by atoms with Crippen LogP contribution in [0.1, 0.15) is 23.9 Å². The largest absolute Gasteiger partial charge is 0.496 e. The van der Waals surface area contributed by atoms with E-state index in [1.54, 1.807) is 7.11 Å². The number of amides is 1. The molecule has 0 aliphatic heterocycles. The molecular weight excluding hydrogens is 324 g/mol. The lowest BCUT2D eigenvalue weighted by Crippen LogP contribution is -2.21. The molecule has 1 heterocycles. The van der Waals surface area contributed by atoms with Crippen LogP contribution in [0.3, 0.4) is 0 Å². The summed E-state index contributed by atoms with van der Waals surface area (Å²) in [7, 11) is 1.60. The number of hydrazone groups is 1. The molecule has 0 saturated heterocycles. The molecule has 1 amide bonds. The number of nitrogens with one attached hydrogen (secondary N) is 1. The van der Waals surface area contributed by atoms with E-state index < -0.39 is 0 Å². The molecule has 1 aromatic heterocycles. The highest BCUT2D eigenvalue weighted by Crippen LogP contribution is 2.18. The number of nitrogens with zero attached hydrogens (tertiary/aromatic N) is 3. The van der Waals surface area contributed by atoms with Gasteiger partial charge in [-0.15, -0.1) is 0 Å². The maximum Gasteiger partial charge on any atom is 0.250 e. The van der Waals surface area contributed by atoms with Gasteiger partial charge in [0.15, 0.2) is 5.16 Å². The van der Waals surface area contributed by atoms with Crippen molar-refractivity contribution in [2.75, 3.05) is 12.9 Å². The number of para-hydroxylation sites is 1. The Morgan fingerprint density at radius 1 is 1.25 bits per heavy atom. The van der Waals surface area contributed by atoms with Crippen LogP contribution < -0.4 is 10.2 Å². The molecule has 7 heteroatoms. The number of aromatic nitrogens is 2. The summed E-state index contributed by atoms with van der Waals surface area (Å²) >= 11 is 1.28. The van der Waals surface area contributed by atoms with E-state index in [1.165, 1.54) is 11.8 Å². The first kappa shape index (κ1) is 17.9. The minimum atomic E-state index is -0.211. The SMILES string of the molecule is COc1ccccc1/C(C)=N/NC(=O)CSc1nc(C)cc(C)n1. The summed E-state index contributed by atoms with van der Waals surface area (Å²) in [4.78, 5) is 20.5. The van der Waals surface area contributed by atoms with E-state index in [2.05, 4.69) is 20.5 Å². The molecule has 0 fully saturated rings. The molecule has 0 spiro atoms. The Kier molecular flexibility index (Phi) is 6.31. The molecular formula is C17H20N4O2S. The van der Waals surface area contributed by atoms with E-state index in [0.717, 1.165) is 17.0 Å². The summed E-state index contributed by atoms with van der Waals surface area (Å²) < 4.78 is 5.29. The monoisotopic (exact) mass is 344 g/mol. The quantitative estimate of drug-likeness (QED) is 0.377. The standard InChI is InChI=1S/C17H20N4O2S/c1-11-9-12(2)19-17(18-11)24-10-16(22)21-20-13(3)14-7-5-6-8-15(14)23-4/h5-9H,10H2,1-4H3,(H,21,22)/b20-13+. The lowest BCUT2D eigenvalue weighted by molar-refractivity contribution is -0.118. The molecule has 0 bridgehead atoms. The van der Waals surface area contributed by atoms with Crippen molar-refractivity contribution in [1.29, 1.82) is 0 Å². The third-order valence-corrected chi connectivity index (χ3v) is 3.99. The lowest BCUT2D eigenvalue weighted by Gasteiger charge is -2.08. The normalized spacial score (nSPS) is 11.2. The molecule has 6 nitrogen and oxygen atoms in total. The second-order valence-corrected chi connectivity index (χ2v) is 6.10. The first-order valence-electron chi connectivity index (χ1n) is 7.41.